The number of carbonyl (C=O) groups is 1. The summed E-state index contributed by atoms with van der Waals surface area (Å²) in [6.45, 7) is 8.47. The van der Waals surface area contributed by atoms with Crippen molar-refractivity contribution in [3.63, 3.8) is 0 Å². The summed E-state index contributed by atoms with van der Waals surface area (Å²) in [7, 11) is 0. The third-order valence-electron chi connectivity index (χ3n) is 4.06. The van der Waals surface area contributed by atoms with Gasteiger partial charge in [0.25, 0.3) is 0 Å². The lowest BCUT2D eigenvalue weighted by Crippen LogP contribution is -2.46. The first-order valence-corrected chi connectivity index (χ1v) is 9.48. The Labute approximate surface area is 156 Å². The van der Waals surface area contributed by atoms with Crippen molar-refractivity contribution in [2.24, 2.45) is 0 Å². The Bertz CT molecular complexity index is 727. The molecule has 1 aliphatic rings. The molecule has 2 aromatic heterocycles. The molecule has 0 unspecified atom stereocenters. The highest BCUT2D eigenvalue weighted by atomic mass is 35.5. The lowest BCUT2D eigenvalue weighted by Gasteiger charge is -2.34. The lowest BCUT2D eigenvalue weighted by atomic mass is 10.3. The lowest BCUT2D eigenvalue weighted by molar-refractivity contribution is 0.0531. The van der Waals surface area contributed by atoms with E-state index in [1.165, 1.54) is 11.3 Å². The second kappa shape index (κ2) is 8.12. The monoisotopic (exact) mass is 380 g/mol. The largest absolute Gasteiger partial charge is 0.462 e. The van der Waals surface area contributed by atoms with E-state index >= 15 is 0 Å². The second-order valence-electron chi connectivity index (χ2n) is 5.86. The van der Waals surface area contributed by atoms with E-state index in [4.69, 9.17) is 16.3 Å². The van der Waals surface area contributed by atoms with E-state index in [9.17, 15) is 4.79 Å². The minimum atomic E-state index is -0.281. The molecule has 0 saturated carbocycles. The third-order valence-corrected chi connectivity index (χ3v) is 5.49. The second-order valence-corrected chi connectivity index (χ2v) is 7.28. The summed E-state index contributed by atoms with van der Waals surface area (Å²) in [5.41, 5.74) is 1.76. The topological polar surface area (TPSA) is 58.6 Å². The van der Waals surface area contributed by atoms with Crippen LogP contribution in [-0.4, -0.2) is 53.6 Å². The van der Waals surface area contributed by atoms with Gasteiger partial charge in [-0.05, 0) is 26.0 Å². The van der Waals surface area contributed by atoms with Gasteiger partial charge in [-0.15, -0.1) is 0 Å². The average molecular weight is 381 g/mol. The van der Waals surface area contributed by atoms with Crippen molar-refractivity contribution in [2.75, 3.05) is 37.7 Å². The third kappa shape index (κ3) is 4.48. The zero-order valence-electron chi connectivity index (χ0n) is 14.4. The summed E-state index contributed by atoms with van der Waals surface area (Å²) in [5, 5.41) is 1.55. The van der Waals surface area contributed by atoms with Crippen LogP contribution >= 0.6 is 22.9 Å². The fourth-order valence-corrected chi connectivity index (χ4v) is 3.85. The first kappa shape index (κ1) is 18.1. The summed E-state index contributed by atoms with van der Waals surface area (Å²) < 4.78 is 5.09. The quantitative estimate of drug-likeness (QED) is 0.743. The first-order valence-electron chi connectivity index (χ1n) is 8.29. The van der Waals surface area contributed by atoms with Crippen LogP contribution in [0.15, 0.2) is 18.3 Å². The van der Waals surface area contributed by atoms with Gasteiger partial charge < -0.3 is 9.64 Å². The van der Waals surface area contributed by atoms with Gasteiger partial charge in [0.2, 0.25) is 0 Å². The number of thiazole rings is 1. The van der Waals surface area contributed by atoms with Gasteiger partial charge in [-0.1, -0.05) is 22.9 Å². The van der Waals surface area contributed by atoms with Crippen LogP contribution < -0.4 is 4.90 Å². The highest BCUT2D eigenvalue weighted by Gasteiger charge is 2.23. The van der Waals surface area contributed by atoms with E-state index in [2.05, 4.69) is 19.8 Å². The summed E-state index contributed by atoms with van der Waals surface area (Å²) in [6, 6.07) is 3.83. The number of anilines is 1. The van der Waals surface area contributed by atoms with E-state index in [0.717, 1.165) is 49.2 Å². The van der Waals surface area contributed by atoms with Crippen LogP contribution in [-0.2, 0) is 11.3 Å². The minimum absolute atomic E-state index is 0.281. The number of rotatable bonds is 5. The fraction of sp³-hybridized carbons (Fsp3) is 0.471. The molecule has 0 atom stereocenters. The van der Waals surface area contributed by atoms with Gasteiger partial charge in [-0.3, -0.25) is 9.88 Å². The number of halogens is 1. The number of piperazine rings is 1. The van der Waals surface area contributed by atoms with Crippen LogP contribution in [0.1, 0.15) is 28.0 Å². The predicted octanol–water partition coefficient (Wildman–Crippen LogP) is 3.00. The molecular formula is C17H21ClN4O2S. The number of hydrogen-bond acceptors (Lipinski definition) is 7. The summed E-state index contributed by atoms with van der Waals surface area (Å²) >= 11 is 7.29. The Morgan fingerprint density at radius 3 is 2.72 bits per heavy atom. The zero-order valence-corrected chi connectivity index (χ0v) is 15.9. The number of carbonyl (C=O) groups excluding carboxylic acids is 1. The van der Waals surface area contributed by atoms with E-state index in [0.29, 0.717) is 16.5 Å². The smallest absolute Gasteiger partial charge is 0.350 e. The molecule has 1 aliphatic heterocycles. The van der Waals surface area contributed by atoms with E-state index in [1.807, 2.05) is 26.0 Å². The SMILES string of the molecule is CCOC(=O)c1sc(N2CCN(Cc3ccc(Cl)cn3)CC2)nc1C. The summed E-state index contributed by atoms with van der Waals surface area (Å²) in [5.74, 6) is -0.281. The standard InChI is InChI=1S/C17H21ClN4O2S/c1-3-24-16(23)15-12(2)20-17(25-15)22-8-6-21(7-9-22)11-14-5-4-13(18)10-19-14/h4-5,10H,3,6-9,11H2,1-2H3. The molecule has 2 aromatic rings. The fourth-order valence-electron chi connectivity index (χ4n) is 2.73. The number of aromatic nitrogens is 2. The van der Waals surface area contributed by atoms with Crippen molar-refractivity contribution in [1.82, 2.24) is 14.9 Å². The number of hydrogen-bond donors (Lipinski definition) is 0. The number of pyridine rings is 1. The van der Waals surface area contributed by atoms with Crippen LogP contribution in [0.5, 0.6) is 0 Å². The zero-order chi connectivity index (χ0) is 17.8. The molecule has 25 heavy (non-hydrogen) atoms. The minimum Gasteiger partial charge on any atom is -0.462 e. The molecule has 0 N–H and O–H groups in total. The molecule has 0 aliphatic carbocycles. The molecule has 0 bridgehead atoms. The molecule has 0 radical (unpaired) electrons. The molecule has 8 heteroatoms. The van der Waals surface area contributed by atoms with Crippen LogP contribution in [0.2, 0.25) is 5.02 Å². The molecule has 0 spiro atoms. The molecule has 134 valence electrons. The molecule has 3 rings (SSSR count). The first-order chi connectivity index (χ1) is 12.1. The maximum absolute atomic E-state index is 11.9. The Hall–Kier alpha value is -1.70. The highest BCUT2D eigenvalue weighted by molar-refractivity contribution is 7.17. The number of ether oxygens (including phenoxy) is 1. The Balaban J connectivity index is 1.58. The molecule has 3 heterocycles. The number of esters is 1. The van der Waals surface area contributed by atoms with E-state index in [1.54, 1.807) is 6.20 Å². The van der Waals surface area contributed by atoms with Crippen molar-refractivity contribution in [2.45, 2.75) is 20.4 Å². The average Bonchev–Trinajstić information content (AvgIpc) is 3.00. The summed E-state index contributed by atoms with van der Waals surface area (Å²) in [6.07, 6.45) is 1.68. The van der Waals surface area contributed by atoms with Crippen molar-refractivity contribution >= 4 is 34.0 Å². The van der Waals surface area contributed by atoms with Crippen LogP contribution in [0.3, 0.4) is 0 Å². The van der Waals surface area contributed by atoms with Crippen LogP contribution in [0.4, 0.5) is 5.13 Å². The Morgan fingerprint density at radius 2 is 2.08 bits per heavy atom. The Morgan fingerprint density at radius 1 is 1.32 bits per heavy atom. The summed E-state index contributed by atoms with van der Waals surface area (Å²) in [4.78, 5) is 26.0. The van der Waals surface area contributed by atoms with Gasteiger partial charge in [-0.25, -0.2) is 9.78 Å². The molecular weight excluding hydrogens is 360 g/mol. The van der Waals surface area contributed by atoms with Gasteiger partial charge in [0.15, 0.2) is 5.13 Å². The van der Waals surface area contributed by atoms with E-state index in [-0.39, 0.29) is 5.97 Å². The van der Waals surface area contributed by atoms with Gasteiger partial charge in [0, 0.05) is 38.9 Å². The highest BCUT2D eigenvalue weighted by Crippen LogP contribution is 2.27. The van der Waals surface area contributed by atoms with E-state index < -0.39 is 0 Å². The van der Waals surface area contributed by atoms with Crippen LogP contribution in [0.25, 0.3) is 0 Å². The van der Waals surface area contributed by atoms with Crippen LogP contribution in [0, 0.1) is 6.92 Å². The maximum atomic E-state index is 11.9. The maximum Gasteiger partial charge on any atom is 0.350 e. The van der Waals surface area contributed by atoms with Crippen molar-refractivity contribution in [3.05, 3.63) is 39.6 Å². The number of aryl methyl sites for hydroxylation is 1. The molecule has 1 saturated heterocycles. The molecule has 1 fully saturated rings. The van der Waals surface area contributed by atoms with Crippen molar-refractivity contribution in [1.29, 1.82) is 0 Å². The van der Waals surface area contributed by atoms with Crippen molar-refractivity contribution in [3.8, 4) is 0 Å². The molecule has 0 amide bonds. The van der Waals surface area contributed by atoms with Gasteiger partial charge >= 0.3 is 5.97 Å². The van der Waals surface area contributed by atoms with Crippen molar-refractivity contribution < 1.29 is 9.53 Å². The number of nitrogens with zero attached hydrogens (tertiary/aromatic N) is 4. The van der Waals surface area contributed by atoms with Gasteiger partial charge in [0.05, 0.1) is 23.0 Å². The predicted molar refractivity (Wildman–Crippen MR) is 99.5 cm³/mol. The normalized spacial score (nSPS) is 15.4. The van der Waals surface area contributed by atoms with Gasteiger partial charge in [0.1, 0.15) is 4.88 Å². The Kier molecular flexibility index (Phi) is 5.88. The molecule has 0 aromatic carbocycles. The van der Waals surface area contributed by atoms with Gasteiger partial charge in [-0.2, -0.15) is 0 Å². The molecule has 6 nitrogen and oxygen atoms in total.